The lowest BCUT2D eigenvalue weighted by molar-refractivity contribution is 0.0407. The van der Waals surface area contributed by atoms with Gasteiger partial charge in [0.2, 0.25) is 0 Å². The first kappa shape index (κ1) is 13.4. The molecule has 1 aliphatic rings. The number of methoxy groups -OCH3 is 1. The third-order valence-electron chi connectivity index (χ3n) is 4.41. The number of aryl methyl sites for hydroxylation is 2. The van der Waals surface area contributed by atoms with E-state index >= 15 is 0 Å². The van der Waals surface area contributed by atoms with Crippen molar-refractivity contribution in [3.8, 4) is 5.75 Å². The van der Waals surface area contributed by atoms with Crippen LogP contribution < -0.4 is 4.74 Å². The minimum Gasteiger partial charge on any atom is -0.496 e. The third-order valence-corrected chi connectivity index (χ3v) is 4.41. The molecule has 0 heterocycles. The van der Waals surface area contributed by atoms with E-state index in [9.17, 15) is 5.11 Å². The van der Waals surface area contributed by atoms with Gasteiger partial charge in [-0.3, -0.25) is 0 Å². The van der Waals surface area contributed by atoms with Crippen molar-refractivity contribution in [1.29, 1.82) is 0 Å². The summed E-state index contributed by atoms with van der Waals surface area (Å²) in [6.07, 6.45) is 4.36. The Balaban J connectivity index is 2.34. The Hall–Kier alpha value is -1.02. The largest absolute Gasteiger partial charge is 0.496 e. The van der Waals surface area contributed by atoms with Gasteiger partial charge in [-0.25, -0.2) is 0 Å². The van der Waals surface area contributed by atoms with Crippen LogP contribution in [0.25, 0.3) is 0 Å². The average molecular weight is 248 g/mol. The lowest BCUT2D eigenvalue weighted by atomic mass is 9.78. The summed E-state index contributed by atoms with van der Waals surface area (Å²) in [6, 6.07) is 4.14. The van der Waals surface area contributed by atoms with E-state index in [0.717, 1.165) is 35.3 Å². The van der Waals surface area contributed by atoms with E-state index in [0.29, 0.717) is 0 Å². The summed E-state index contributed by atoms with van der Waals surface area (Å²) in [5, 5.41) is 10.7. The van der Waals surface area contributed by atoms with Crippen LogP contribution in [-0.2, 0) is 0 Å². The van der Waals surface area contributed by atoms with Crippen molar-refractivity contribution in [2.45, 2.75) is 52.6 Å². The maximum absolute atomic E-state index is 10.7. The molecular formula is C16H24O2. The molecule has 0 aliphatic heterocycles. The van der Waals surface area contributed by atoms with Gasteiger partial charge < -0.3 is 9.84 Å². The number of benzene rings is 1. The summed E-state index contributed by atoms with van der Waals surface area (Å²) in [6.45, 7) is 6.29. The Labute approximate surface area is 110 Å². The van der Waals surface area contributed by atoms with Crippen LogP contribution in [0.3, 0.4) is 0 Å². The van der Waals surface area contributed by atoms with Gasteiger partial charge in [-0.05, 0) is 60.9 Å². The van der Waals surface area contributed by atoms with E-state index in [1.807, 2.05) is 13.8 Å². The lowest BCUT2D eigenvalue weighted by Gasteiger charge is -2.31. The summed E-state index contributed by atoms with van der Waals surface area (Å²) in [5.74, 6) is 0.933. The minimum atomic E-state index is -0.358. The average Bonchev–Trinajstić information content (AvgIpc) is 2.76. The first-order chi connectivity index (χ1) is 8.48. The molecule has 0 spiro atoms. The van der Waals surface area contributed by atoms with Crippen LogP contribution >= 0.6 is 0 Å². The molecule has 1 unspecified atom stereocenters. The van der Waals surface area contributed by atoms with E-state index in [-0.39, 0.29) is 11.5 Å². The van der Waals surface area contributed by atoms with Gasteiger partial charge in [0.05, 0.1) is 13.2 Å². The molecule has 1 saturated carbocycles. The summed E-state index contributed by atoms with van der Waals surface area (Å²) < 4.78 is 5.38. The molecule has 18 heavy (non-hydrogen) atoms. The van der Waals surface area contributed by atoms with Gasteiger partial charge in [0.25, 0.3) is 0 Å². The zero-order valence-electron chi connectivity index (χ0n) is 11.9. The molecule has 1 aromatic rings. The Bertz CT molecular complexity index is 408. The highest BCUT2D eigenvalue weighted by Crippen LogP contribution is 2.47. The molecule has 2 rings (SSSR count). The van der Waals surface area contributed by atoms with E-state index in [2.05, 4.69) is 19.1 Å². The monoisotopic (exact) mass is 248 g/mol. The van der Waals surface area contributed by atoms with Crippen LogP contribution in [-0.4, -0.2) is 12.2 Å². The standard InChI is InChI=1S/C16H24O2/c1-11-9-13(10-12(2)14(11)18-4)15(17)16(3)7-5-6-8-16/h9-10,15,17H,5-8H2,1-4H3. The Morgan fingerprint density at radius 2 is 1.67 bits per heavy atom. The Morgan fingerprint density at radius 3 is 2.11 bits per heavy atom. The van der Waals surface area contributed by atoms with Crippen LogP contribution in [0.1, 0.15) is 55.4 Å². The van der Waals surface area contributed by atoms with Crippen molar-refractivity contribution >= 4 is 0 Å². The first-order valence-corrected chi connectivity index (χ1v) is 6.81. The second-order valence-electron chi connectivity index (χ2n) is 5.95. The smallest absolute Gasteiger partial charge is 0.124 e. The van der Waals surface area contributed by atoms with Gasteiger partial charge in [0, 0.05) is 0 Å². The molecule has 1 N–H and O–H groups in total. The highest BCUT2D eigenvalue weighted by Gasteiger charge is 2.37. The van der Waals surface area contributed by atoms with E-state index in [4.69, 9.17) is 4.74 Å². The Kier molecular flexibility index (Phi) is 3.67. The number of aliphatic hydroxyl groups is 1. The normalized spacial score (nSPS) is 19.8. The van der Waals surface area contributed by atoms with Crippen molar-refractivity contribution < 1.29 is 9.84 Å². The number of aliphatic hydroxyl groups excluding tert-OH is 1. The number of hydrogen-bond donors (Lipinski definition) is 1. The molecule has 1 atom stereocenters. The highest BCUT2D eigenvalue weighted by atomic mass is 16.5. The fraction of sp³-hybridized carbons (Fsp3) is 0.625. The second-order valence-corrected chi connectivity index (χ2v) is 5.95. The number of ether oxygens (including phenoxy) is 1. The molecule has 1 aromatic carbocycles. The van der Waals surface area contributed by atoms with Crippen LogP contribution in [0.4, 0.5) is 0 Å². The molecular weight excluding hydrogens is 224 g/mol. The lowest BCUT2D eigenvalue weighted by Crippen LogP contribution is -2.22. The van der Waals surface area contributed by atoms with Gasteiger partial charge in [0.15, 0.2) is 0 Å². The van der Waals surface area contributed by atoms with Gasteiger partial charge >= 0.3 is 0 Å². The molecule has 0 aromatic heterocycles. The van der Waals surface area contributed by atoms with Crippen molar-refractivity contribution in [2.24, 2.45) is 5.41 Å². The van der Waals surface area contributed by atoms with Gasteiger partial charge in [-0.2, -0.15) is 0 Å². The van der Waals surface area contributed by atoms with Crippen molar-refractivity contribution in [1.82, 2.24) is 0 Å². The van der Waals surface area contributed by atoms with Gasteiger partial charge in [-0.1, -0.05) is 19.8 Å². The number of rotatable bonds is 3. The predicted octanol–water partition coefficient (Wildman–Crippen LogP) is 3.93. The molecule has 0 saturated heterocycles. The van der Waals surface area contributed by atoms with Crippen LogP contribution in [0.15, 0.2) is 12.1 Å². The zero-order chi connectivity index (χ0) is 13.3. The van der Waals surface area contributed by atoms with Crippen molar-refractivity contribution in [3.63, 3.8) is 0 Å². The maximum atomic E-state index is 10.7. The molecule has 0 amide bonds. The molecule has 2 nitrogen and oxygen atoms in total. The Morgan fingerprint density at radius 1 is 1.17 bits per heavy atom. The van der Waals surface area contributed by atoms with Crippen molar-refractivity contribution in [2.75, 3.05) is 7.11 Å². The summed E-state index contributed by atoms with van der Waals surface area (Å²) in [4.78, 5) is 0. The van der Waals surface area contributed by atoms with Crippen LogP contribution in [0, 0.1) is 19.3 Å². The summed E-state index contributed by atoms with van der Waals surface area (Å²) >= 11 is 0. The highest BCUT2D eigenvalue weighted by molar-refractivity contribution is 5.44. The zero-order valence-corrected chi connectivity index (χ0v) is 11.9. The van der Waals surface area contributed by atoms with Crippen LogP contribution in [0.5, 0.6) is 5.75 Å². The van der Waals surface area contributed by atoms with Gasteiger partial charge in [0.1, 0.15) is 5.75 Å². The summed E-state index contributed by atoms with van der Waals surface area (Å²) in [5.41, 5.74) is 3.30. The molecule has 1 fully saturated rings. The first-order valence-electron chi connectivity index (χ1n) is 6.81. The topological polar surface area (TPSA) is 29.5 Å². The molecule has 0 radical (unpaired) electrons. The second kappa shape index (κ2) is 4.93. The third kappa shape index (κ3) is 2.26. The number of hydrogen-bond acceptors (Lipinski definition) is 2. The van der Waals surface area contributed by atoms with E-state index in [1.54, 1.807) is 7.11 Å². The minimum absolute atomic E-state index is 0.0491. The summed E-state index contributed by atoms with van der Waals surface area (Å²) in [7, 11) is 1.70. The SMILES string of the molecule is COc1c(C)cc(C(O)C2(C)CCCC2)cc1C. The van der Waals surface area contributed by atoms with Gasteiger partial charge in [-0.15, -0.1) is 0 Å². The van der Waals surface area contributed by atoms with E-state index in [1.165, 1.54) is 12.8 Å². The maximum Gasteiger partial charge on any atom is 0.124 e. The molecule has 1 aliphatic carbocycles. The quantitative estimate of drug-likeness (QED) is 0.878. The predicted molar refractivity (Wildman–Crippen MR) is 74.0 cm³/mol. The molecule has 0 bridgehead atoms. The fourth-order valence-electron chi connectivity index (χ4n) is 3.32. The van der Waals surface area contributed by atoms with Crippen LogP contribution in [0.2, 0.25) is 0 Å². The fourth-order valence-corrected chi connectivity index (χ4v) is 3.32. The van der Waals surface area contributed by atoms with E-state index < -0.39 is 0 Å². The molecule has 100 valence electrons. The molecule has 2 heteroatoms. The van der Waals surface area contributed by atoms with Crippen molar-refractivity contribution in [3.05, 3.63) is 28.8 Å².